The van der Waals surface area contributed by atoms with Crippen LogP contribution >= 0.6 is 0 Å². The second kappa shape index (κ2) is 8.35. The number of aromatic nitrogens is 3. The zero-order valence-electron chi connectivity index (χ0n) is 18.4. The third-order valence-corrected chi connectivity index (χ3v) is 9.72. The van der Waals surface area contributed by atoms with Crippen molar-refractivity contribution in [3.63, 3.8) is 0 Å². The predicted molar refractivity (Wildman–Crippen MR) is 123 cm³/mol. The van der Waals surface area contributed by atoms with Crippen molar-refractivity contribution in [2.75, 3.05) is 7.11 Å². The molecule has 0 unspecified atom stereocenters. The molecule has 0 saturated carbocycles. The fraction of sp³-hybridized carbons (Fsp3) is 0.304. The molecule has 0 aliphatic rings. The Morgan fingerprint density at radius 1 is 1.03 bits per heavy atom. The first-order valence-corrected chi connectivity index (χ1v) is 12.8. The van der Waals surface area contributed by atoms with Gasteiger partial charge in [-0.1, -0.05) is 39.0 Å². The monoisotopic (exact) mass is 423 g/mol. The second-order valence-electron chi connectivity index (χ2n) is 8.63. The zero-order valence-corrected chi connectivity index (χ0v) is 19.4. The molecule has 0 spiro atoms. The standard InChI is InChI=1S/C23H29N3O3Si/c1-23(2,3)30(5,6)29-19-13-11-17(15-20(19)28-4)10-12-18-16-22(27)26(25-18)21-9-7-8-14-24-21/h7-16,27H,1-6H3/b12-10+. The smallest absolute Gasteiger partial charge is 0.250 e. The van der Waals surface area contributed by atoms with Gasteiger partial charge in [0.25, 0.3) is 8.32 Å². The molecule has 3 rings (SSSR count). The molecule has 6 nitrogen and oxygen atoms in total. The minimum absolute atomic E-state index is 0.0315. The van der Waals surface area contributed by atoms with Crippen LogP contribution in [-0.4, -0.2) is 35.3 Å². The fourth-order valence-electron chi connectivity index (χ4n) is 2.60. The molecule has 0 aliphatic carbocycles. The highest BCUT2D eigenvalue weighted by atomic mass is 28.4. The molecular weight excluding hydrogens is 394 g/mol. The lowest BCUT2D eigenvalue weighted by molar-refractivity contribution is 0.386. The number of aromatic hydroxyl groups is 1. The Morgan fingerprint density at radius 3 is 2.43 bits per heavy atom. The van der Waals surface area contributed by atoms with E-state index in [4.69, 9.17) is 9.16 Å². The summed E-state index contributed by atoms with van der Waals surface area (Å²) < 4.78 is 13.4. The molecule has 0 aliphatic heterocycles. The van der Waals surface area contributed by atoms with Crippen LogP contribution in [0.5, 0.6) is 17.4 Å². The van der Waals surface area contributed by atoms with Crippen molar-refractivity contribution in [1.82, 2.24) is 14.8 Å². The molecule has 30 heavy (non-hydrogen) atoms. The quantitative estimate of drug-likeness (QED) is 0.528. The summed E-state index contributed by atoms with van der Waals surface area (Å²) in [6.07, 6.45) is 5.41. The highest BCUT2D eigenvalue weighted by Gasteiger charge is 2.39. The van der Waals surface area contributed by atoms with Crippen LogP contribution in [0, 0.1) is 0 Å². The van der Waals surface area contributed by atoms with Gasteiger partial charge in [0.05, 0.1) is 12.8 Å². The largest absolute Gasteiger partial charge is 0.541 e. The molecule has 0 saturated heterocycles. The summed E-state index contributed by atoms with van der Waals surface area (Å²) in [6.45, 7) is 11.1. The third-order valence-electron chi connectivity index (χ3n) is 5.38. The molecule has 0 amide bonds. The second-order valence-corrected chi connectivity index (χ2v) is 13.4. The van der Waals surface area contributed by atoms with E-state index in [2.05, 4.69) is 43.9 Å². The lowest BCUT2D eigenvalue weighted by atomic mass is 10.2. The normalized spacial score (nSPS) is 12.3. The number of methoxy groups -OCH3 is 1. The summed E-state index contributed by atoms with van der Waals surface area (Å²) in [5.74, 6) is 2.05. The number of benzene rings is 1. The Labute approximate surface area is 178 Å². The highest BCUT2D eigenvalue weighted by molar-refractivity contribution is 6.74. The van der Waals surface area contributed by atoms with E-state index in [0.29, 0.717) is 17.3 Å². The fourth-order valence-corrected chi connectivity index (χ4v) is 3.62. The minimum atomic E-state index is -1.96. The van der Waals surface area contributed by atoms with Crippen LogP contribution in [0.1, 0.15) is 32.0 Å². The number of nitrogens with zero attached hydrogens (tertiary/aromatic N) is 3. The predicted octanol–water partition coefficient (Wildman–Crippen LogP) is 5.54. The summed E-state index contributed by atoms with van der Waals surface area (Å²) in [7, 11) is -0.315. The molecule has 7 heteroatoms. The van der Waals surface area contributed by atoms with E-state index >= 15 is 0 Å². The summed E-state index contributed by atoms with van der Waals surface area (Å²) >= 11 is 0. The van der Waals surface area contributed by atoms with E-state index < -0.39 is 8.32 Å². The van der Waals surface area contributed by atoms with Crippen LogP contribution in [0.3, 0.4) is 0 Å². The molecular formula is C23H29N3O3Si. The average molecular weight is 424 g/mol. The summed E-state index contributed by atoms with van der Waals surface area (Å²) in [4.78, 5) is 4.21. The molecule has 1 N–H and O–H groups in total. The van der Waals surface area contributed by atoms with Gasteiger partial charge in [-0.25, -0.2) is 4.98 Å². The van der Waals surface area contributed by atoms with Gasteiger partial charge in [0.1, 0.15) is 5.75 Å². The van der Waals surface area contributed by atoms with Gasteiger partial charge >= 0.3 is 0 Å². The van der Waals surface area contributed by atoms with Crippen LogP contribution in [0.25, 0.3) is 18.0 Å². The highest BCUT2D eigenvalue weighted by Crippen LogP contribution is 2.40. The Balaban J connectivity index is 1.82. The molecule has 0 atom stereocenters. The summed E-state index contributed by atoms with van der Waals surface area (Å²) in [6, 6.07) is 12.9. The van der Waals surface area contributed by atoms with Gasteiger partial charge in [-0.3, -0.25) is 0 Å². The number of hydrogen-bond acceptors (Lipinski definition) is 5. The third kappa shape index (κ3) is 4.73. The van der Waals surface area contributed by atoms with Gasteiger partial charge in [0.15, 0.2) is 11.6 Å². The molecule has 0 radical (unpaired) electrons. The van der Waals surface area contributed by atoms with Gasteiger partial charge in [-0.05, 0) is 54.0 Å². The SMILES string of the molecule is COc1cc(/C=C/c2cc(O)n(-c3ccccn3)n2)ccc1O[Si](C)(C)C(C)(C)C. The first-order valence-electron chi connectivity index (χ1n) is 9.86. The molecule has 0 fully saturated rings. The van der Waals surface area contributed by atoms with Crippen molar-refractivity contribution in [1.29, 1.82) is 0 Å². The van der Waals surface area contributed by atoms with E-state index in [1.54, 1.807) is 25.4 Å². The van der Waals surface area contributed by atoms with E-state index in [-0.39, 0.29) is 10.9 Å². The number of pyridine rings is 1. The summed E-state index contributed by atoms with van der Waals surface area (Å²) in [5.41, 5.74) is 1.57. The maximum atomic E-state index is 10.2. The number of rotatable bonds is 6. The van der Waals surface area contributed by atoms with Crippen molar-refractivity contribution in [2.45, 2.75) is 38.9 Å². The van der Waals surface area contributed by atoms with Gasteiger partial charge in [-0.15, -0.1) is 0 Å². The average Bonchev–Trinajstić information content (AvgIpc) is 3.07. The van der Waals surface area contributed by atoms with Gasteiger partial charge in [0, 0.05) is 12.3 Å². The molecule has 2 aromatic heterocycles. The van der Waals surface area contributed by atoms with Crippen molar-refractivity contribution in [2.24, 2.45) is 0 Å². The van der Waals surface area contributed by atoms with Crippen LogP contribution in [0.4, 0.5) is 0 Å². The lowest BCUT2D eigenvalue weighted by Crippen LogP contribution is -2.43. The molecule has 0 bridgehead atoms. The molecule has 2 heterocycles. The topological polar surface area (TPSA) is 69.4 Å². The number of ether oxygens (including phenoxy) is 1. The molecule has 3 aromatic rings. The van der Waals surface area contributed by atoms with E-state index in [0.717, 1.165) is 11.3 Å². The zero-order chi connectivity index (χ0) is 21.9. The van der Waals surface area contributed by atoms with Gasteiger partial charge < -0.3 is 14.3 Å². The molecule has 1 aromatic carbocycles. The van der Waals surface area contributed by atoms with Crippen molar-refractivity contribution in [3.05, 3.63) is 59.9 Å². The van der Waals surface area contributed by atoms with Crippen LogP contribution in [0.2, 0.25) is 18.1 Å². The van der Waals surface area contributed by atoms with Crippen LogP contribution < -0.4 is 9.16 Å². The van der Waals surface area contributed by atoms with Crippen LogP contribution in [-0.2, 0) is 0 Å². The maximum Gasteiger partial charge on any atom is 0.250 e. The van der Waals surface area contributed by atoms with E-state index in [9.17, 15) is 5.11 Å². The van der Waals surface area contributed by atoms with Crippen molar-refractivity contribution < 1.29 is 14.3 Å². The number of hydrogen-bond donors (Lipinski definition) is 1. The lowest BCUT2D eigenvalue weighted by Gasteiger charge is -2.36. The van der Waals surface area contributed by atoms with Crippen molar-refractivity contribution >= 4 is 20.5 Å². The van der Waals surface area contributed by atoms with Gasteiger partial charge in [-0.2, -0.15) is 9.78 Å². The first kappa shape index (κ1) is 21.6. The Hall–Kier alpha value is -3.06. The Kier molecular flexibility index (Phi) is 6.03. The van der Waals surface area contributed by atoms with Crippen LogP contribution in [0.15, 0.2) is 48.7 Å². The first-order chi connectivity index (χ1) is 14.1. The van der Waals surface area contributed by atoms with E-state index in [1.807, 2.05) is 42.5 Å². The minimum Gasteiger partial charge on any atom is -0.541 e. The summed E-state index contributed by atoms with van der Waals surface area (Å²) in [5, 5.41) is 14.7. The van der Waals surface area contributed by atoms with E-state index in [1.165, 1.54) is 4.68 Å². The maximum absolute atomic E-state index is 10.2. The van der Waals surface area contributed by atoms with Gasteiger partial charge in [0.2, 0.25) is 5.88 Å². The molecule has 158 valence electrons. The van der Waals surface area contributed by atoms with Crippen molar-refractivity contribution in [3.8, 4) is 23.2 Å². The Bertz CT molecular complexity index is 1040. The Morgan fingerprint density at radius 2 is 1.80 bits per heavy atom.